The smallest absolute Gasteiger partial charge is 0.138 e. The molecule has 0 amide bonds. The van der Waals surface area contributed by atoms with Crippen LogP contribution in [0.25, 0.3) is 0 Å². The number of ketones is 1. The molecule has 1 unspecified atom stereocenters. The number of rotatable bonds is 4. The number of aromatic nitrogens is 2. The van der Waals surface area contributed by atoms with Gasteiger partial charge in [-0.15, -0.1) is 0 Å². The van der Waals surface area contributed by atoms with E-state index in [1.165, 1.54) is 0 Å². The Balaban J connectivity index is 1.98. The van der Waals surface area contributed by atoms with Crippen LogP contribution in [0.5, 0.6) is 0 Å². The van der Waals surface area contributed by atoms with Gasteiger partial charge in [-0.3, -0.25) is 9.69 Å². The van der Waals surface area contributed by atoms with E-state index in [0.717, 1.165) is 38.4 Å². The third-order valence-electron chi connectivity index (χ3n) is 3.61. The van der Waals surface area contributed by atoms with Gasteiger partial charge in [-0.05, 0) is 13.3 Å². The number of hydrogen-bond donors (Lipinski definition) is 0. The van der Waals surface area contributed by atoms with Crippen molar-refractivity contribution < 1.29 is 4.79 Å². The van der Waals surface area contributed by atoms with E-state index < -0.39 is 0 Å². The molecular weight excluding hydrogens is 214 g/mol. The molecule has 1 aromatic heterocycles. The molecule has 2 heterocycles. The lowest BCUT2D eigenvalue weighted by Gasteiger charge is -2.30. The van der Waals surface area contributed by atoms with Crippen LogP contribution in [0.3, 0.4) is 0 Å². The number of carbonyl (C=O) groups excluding carboxylic acids is 1. The molecule has 0 saturated carbocycles. The maximum Gasteiger partial charge on any atom is 0.138 e. The van der Waals surface area contributed by atoms with Crippen molar-refractivity contribution in [2.75, 3.05) is 13.1 Å². The fourth-order valence-electron chi connectivity index (χ4n) is 2.46. The maximum atomic E-state index is 11.6. The zero-order valence-corrected chi connectivity index (χ0v) is 10.7. The molecule has 4 nitrogen and oxygen atoms in total. The van der Waals surface area contributed by atoms with Gasteiger partial charge < -0.3 is 4.57 Å². The van der Waals surface area contributed by atoms with Gasteiger partial charge in [-0.1, -0.05) is 6.92 Å². The topological polar surface area (TPSA) is 38.1 Å². The van der Waals surface area contributed by atoms with Crippen LogP contribution in [0.1, 0.15) is 32.5 Å². The molecule has 17 heavy (non-hydrogen) atoms. The molecule has 2 rings (SSSR count). The minimum absolute atomic E-state index is 0.230. The molecule has 0 radical (unpaired) electrons. The summed E-state index contributed by atoms with van der Waals surface area (Å²) in [5, 5.41) is 0. The minimum atomic E-state index is 0.230. The highest BCUT2D eigenvalue weighted by Crippen LogP contribution is 2.17. The number of nitrogens with zero attached hydrogens (tertiary/aromatic N) is 3. The Morgan fingerprint density at radius 2 is 2.29 bits per heavy atom. The molecule has 0 N–H and O–H groups in total. The third kappa shape index (κ3) is 2.75. The van der Waals surface area contributed by atoms with Gasteiger partial charge in [-0.2, -0.15) is 0 Å². The second kappa shape index (κ2) is 5.45. The van der Waals surface area contributed by atoms with E-state index in [2.05, 4.69) is 28.3 Å². The van der Waals surface area contributed by atoms with Crippen LogP contribution in [-0.2, 0) is 17.9 Å². The molecule has 0 bridgehead atoms. The van der Waals surface area contributed by atoms with Gasteiger partial charge in [0.15, 0.2) is 0 Å². The van der Waals surface area contributed by atoms with Crippen molar-refractivity contribution in [3.63, 3.8) is 0 Å². The van der Waals surface area contributed by atoms with E-state index in [1.807, 2.05) is 12.4 Å². The molecule has 94 valence electrons. The first-order valence-electron chi connectivity index (χ1n) is 6.49. The first-order chi connectivity index (χ1) is 8.24. The summed E-state index contributed by atoms with van der Waals surface area (Å²) in [6.07, 6.45) is 5.52. The highest BCUT2D eigenvalue weighted by Gasteiger charge is 2.26. The Labute approximate surface area is 103 Å². The summed E-state index contributed by atoms with van der Waals surface area (Å²) in [6.45, 7) is 7.82. The monoisotopic (exact) mass is 235 g/mol. The summed E-state index contributed by atoms with van der Waals surface area (Å²) in [6, 6.07) is 0. The van der Waals surface area contributed by atoms with Gasteiger partial charge in [0, 0.05) is 44.4 Å². The summed E-state index contributed by atoms with van der Waals surface area (Å²) in [5.74, 6) is 1.77. The van der Waals surface area contributed by atoms with Gasteiger partial charge in [0.25, 0.3) is 0 Å². The quantitative estimate of drug-likeness (QED) is 0.797. The fraction of sp³-hybridized carbons (Fsp3) is 0.692. The average Bonchev–Trinajstić information content (AvgIpc) is 2.79. The van der Waals surface area contributed by atoms with Gasteiger partial charge in [0.05, 0.1) is 6.54 Å². The minimum Gasteiger partial charge on any atom is -0.334 e. The Bertz CT molecular complexity index is 386. The second-order valence-corrected chi connectivity index (χ2v) is 4.69. The van der Waals surface area contributed by atoms with Crippen LogP contribution in [-0.4, -0.2) is 33.3 Å². The lowest BCUT2D eigenvalue weighted by molar-refractivity contribution is -0.126. The van der Waals surface area contributed by atoms with Crippen molar-refractivity contribution in [2.45, 2.75) is 39.8 Å². The summed E-state index contributed by atoms with van der Waals surface area (Å²) in [7, 11) is 0. The fourth-order valence-corrected chi connectivity index (χ4v) is 2.46. The zero-order valence-electron chi connectivity index (χ0n) is 10.7. The van der Waals surface area contributed by atoms with Crippen molar-refractivity contribution in [3.8, 4) is 0 Å². The van der Waals surface area contributed by atoms with Crippen molar-refractivity contribution >= 4 is 5.78 Å². The van der Waals surface area contributed by atoms with E-state index in [1.54, 1.807) is 0 Å². The van der Waals surface area contributed by atoms with Crippen LogP contribution in [0.2, 0.25) is 0 Å². The Morgan fingerprint density at radius 1 is 1.47 bits per heavy atom. The lowest BCUT2D eigenvalue weighted by atomic mass is 9.94. The van der Waals surface area contributed by atoms with Crippen LogP contribution >= 0.6 is 0 Å². The molecule has 1 aliphatic rings. The number of hydrogen-bond acceptors (Lipinski definition) is 3. The van der Waals surface area contributed by atoms with E-state index in [9.17, 15) is 4.79 Å². The van der Waals surface area contributed by atoms with Crippen molar-refractivity contribution in [2.24, 2.45) is 5.92 Å². The summed E-state index contributed by atoms with van der Waals surface area (Å²) < 4.78 is 2.16. The largest absolute Gasteiger partial charge is 0.334 e. The summed E-state index contributed by atoms with van der Waals surface area (Å²) in [5.41, 5.74) is 0. The standard InChI is InChI=1S/C13H21N3O/c1-3-11-9-15(7-5-12(11)17)10-13-14-6-8-16(13)4-2/h6,8,11H,3-5,7,9-10H2,1-2H3. The number of imidazole rings is 1. The van der Waals surface area contributed by atoms with Crippen LogP contribution in [0.4, 0.5) is 0 Å². The normalized spacial score (nSPS) is 22.0. The predicted octanol–water partition coefficient (Wildman–Crippen LogP) is 1.70. The molecule has 1 saturated heterocycles. The number of aryl methyl sites for hydroxylation is 1. The summed E-state index contributed by atoms with van der Waals surface area (Å²) >= 11 is 0. The van der Waals surface area contributed by atoms with Crippen LogP contribution < -0.4 is 0 Å². The molecule has 1 fully saturated rings. The first-order valence-corrected chi connectivity index (χ1v) is 6.49. The van der Waals surface area contributed by atoms with Crippen molar-refractivity contribution in [1.82, 2.24) is 14.5 Å². The van der Waals surface area contributed by atoms with E-state index in [0.29, 0.717) is 12.2 Å². The number of Topliss-reactive ketones (excluding diaryl/α,β-unsaturated/α-hetero) is 1. The first kappa shape index (κ1) is 12.3. The molecule has 0 aliphatic carbocycles. The highest BCUT2D eigenvalue weighted by molar-refractivity contribution is 5.82. The maximum absolute atomic E-state index is 11.6. The molecule has 4 heteroatoms. The second-order valence-electron chi connectivity index (χ2n) is 4.69. The van der Waals surface area contributed by atoms with Gasteiger partial charge in [-0.25, -0.2) is 4.98 Å². The lowest BCUT2D eigenvalue weighted by Crippen LogP contribution is -2.40. The Hall–Kier alpha value is -1.16. The molecule has 0 aromatic carbocycles. The molecule has 1 aromatic rings. The van der Waals surface area contributed by atoms with Crippen molar-refractivity contribution in [3.05, 3.63) is 18.2 Å². The van der Waals surface area contributed by atoms with E-state index in [4.69, 9.17) is 0 Å². The van der Waals surface area contributed by atoms with Gasteiger partial charge in [0.2, 0.25) is 0 Å². The van der Waals surface area contributed by atoms with E-state index >= 15 is 0 Å². The third-order valence-corrected chi connectivity index (χ3v) is 3.61. The predicted molar refractivity (Wildman–Crippen MR) is 66.6 cm³/mol. The summed E-state index contributed by atoms with van der Waals surface area (Å²) in [4.78, 5) is 18.4. The zero-order chi connectivity index (χ0) is 12.3. The Kier molecular flexibility index (Phi) is 3.94. The molecule has 0 spiro atoms. The Morgan fingerprint density at radius 3 is 3.00 bits per heavy atom. The number of likely N-dealkylation sites (tertiary alicyclic amines) is 1. The van der Waals surface area contributed by atoms with Gasteiger partial charge >= 0.3 is 0 Å². The van der Waals surface area contributed by atoms with Crippen LogP contribution in [0.15, 0.2) is 12.4 Å². The molecule has 1 aliphatic heterocycles. The number of piperidine rings is 1. The molecular formula is C13H21N3O. The van der Waals surface area contributed by atoms with Crippen molar-refractivity contribution in [1.29, 1.82) is 0 Å². The molecule has 1 atom stereocenters. The van der Waals surface area contributed by atoms with E-state index in [-0.39, 0.29) is 5.92 Å². The SMILES string of the molecule is CCC1CN(Cc2nccn2CC)CCC1=O. The highest BCUT2D eigenvalue weighted by atomic mass is 16.1. The number of carbonyl (C=O) groups is 1. The average molecular weight is 235 g/mol. The van der Waals surface area contributed by atoms with Gasteiger partial charge in [0.1, 0.15) is 11.6 Å². The van der Waals surface area contributed by atoms with Crippen LogP contribution in [0, 0.1) is 5.92 Å².